The zero-order valence-corrected chi connectivity index (χ0v) is 11.9. The van der Waals surface area contributed by atoms with Crippen LogP contribution in [0.25, 0.3) is 0 Å². The molecule has 0 spiro atoms. The van der Waals surface area contributed by atoms with Gasteiger partial charge in [0.1, 0.15) is 5.69 Å². The standard InChI is InChI=1S/C14H22N2O3/c1-4-5-8-19-14(18)7-6-13(17)12-9-15-10-16(12)11(2)3/h9-11H,4-8H2,1-3H3. The van der Waals surface area contributed by atoms with E-state index in [4.69, 9.17) is 4.74 Å². The lowest BCUT2D eigenvalue weighted by molar-refractivity contribution is -0.143. The molecule has 106 valence electrons. The second kappa shape index (κ2) is 7.71. The SMILES string of the molecule is CCCCOC(=O)CCC(=O)c1cncn1C(C)C. The summed E-state index contributed by atoms with van der Waals surface area (Å²) >= 11 is 0. The molecule has 0 unspecified atom stereocenters. The summed E-state index contributed by atoms with van der Waals surface area (Å²) in [6.07, 6.45) is 5.33. The van der Waals surface area contributed by atoms with Crippen molar-refractivity contribution in [2.75, 3.05) is 6.61 Å². The van der Waals surface area contributed by atoms with Crippen molar-refractivity contribution >= 4 is 11.8 Å². The molecule has 0 saturated heterocycles. The Kier molecular flexibility index (Phi) is 6.25. The highest BCUT2D eigenvalue weighted by Crippen LogP contribution is 2.12. The maximum absolute atomic E-state index is 12.0. The van der Waals surface area contributed by atoms with E-state index in [1.807, 2.05) is 25.3 Å². The number of Topliss-reactive ketones (excluding diaryl/α,β-unsaturated/α-hetero) is 1. The Balaban J connectivity index is 2.43. The van der Waals surface area contributed by atoms with Crippen molar-refractivity contribution in [2.45, 2.75) is 52.5 Å². The molecule has 0 bridgehead atoms. The van der Waals surface area contributed by atoms with E-state index < -0.39 is 0 Å². The highest BCUT2D eigenvalue weighted by atomic mass is 16.5. The summed E-state index contributed by atoms with van der Waals surface area (Å²) in [6, 6.07) is 0.179. The van der Waals surface area contributed by atoms with Crippen LogP contribution in [0, 0.1) is 0 Å². The number of unbranched alkanes of at least 4 members (excludes halogenated alkanes) is 1. The van der Waals surface area contributed by atoms with Gasteiger partial charge in [-0.3, -0.25) is 9.59 Å². The molecule has 5 nitrogen and oxygen atoms in total. The molecule has 19 heavy (non-hydrogen) atoms. The number of hydrogen-bond donors (Lipinski definition) is 0. The lowest BCUT2D eigenvalue weighted by Gasteiger charge is -2.10. The summed E-state index contributed by atoms with van der Waals surface area (Å²) in [5.74, 6) is -0.379. The van der Waals surface area contributed by atoms with Gasteiger partial charge in [-0.25, -0.2) is 4.98 Å². The lowest BCUT2D eigenvalue weighted by atomic mass is 10.1. The zero-order chi connectivity index (χ0) is 14.3. The Labute approximate surface area is 114 Å². The Bertz CT molecular complexity index is 424. The number of rotatable bonds is 8. The third-order valence-corrected chi connectivity index (χ3v) is 2.83. The predicted molar refractivity (Wildman–Crippen MR) is 72.0 cm³/mol. The molecule has 0 radical (unpaired) electrons. The molecular weight excluding hydrogens is 244 g/mol. The number of esters is 1. The van der Waals surface area contributed by atoms with Gasteiger partial charge in [-0.05, 0) is 20.3 Å². The van der Waals surface area contributed by atoms with E-state index in [2.05, 4.69) is 4.98 Å². The summed E-state index contributed by atoms with van der Waals surface area (Å²) in [7, 11) is 0. The largest absolute Gasteiger partial charge is 0.466 e. The van der Waals surface area contributed by atoms with Gasteiger partial charge in [0.05, 0.1) is 25.6 Å². The van der Waals surface area contributed by atoms with Gasteiger partial charge in [-0.15, -0.1) is 0 Å². The molecule has 1 rings (SSSR count). The second-order valence-corrected chi connectivity index (χ2v) is 4.78. The minimum atomic E-state index is -0.308. The maximum Gasteiger partial charge on any atom is 0.306 e. The number of hydrogen-bond acceptors (Lipinski definition) is 4. The van der Waals surface area contributed by atoms with Crippen molar-refractivity contribution in [3.8, 4) is 0 Å². The van der Waals surface area contributed by atoms with Crippen molar-refractivity contribution in [1.29, 1.82) is 0 Å². The molecule has 0 aromatic carbocycles. The van der Waals surface area contributed by atoms with Crippen LogP contribution in [0.2, 0.25) is 0 Å². The molecule has 0 aliphatic heterocycles. The van der Waals surface area contributed by atoms with E-state index in [0.717, 1.165) is 12.8 Å². The number of ketones is 1. The van der Waals surface area contributed by atoms with Crippen molar-refractivity contribution in [2.24, 2.45) is 0 Å². The van der Waals surface area contributed by atoms with E-state index in [0.29, 0.717) is 12.3 Å². The molecule has 0 N–H and O–H groups in total. The van der Waals surface area contributed by atoms with E-state index in [1.54, 1.807) is 12.5 Å². The fourth-order valence-corrected chi connectivity index (χ4v) is 1.68. The fourth-order valence-electron chi connectivity index (χ4n) is 1.68. The molecule has 5 heteroatoms. The van der Waals surface area contributed by atoms with Gasteiger partial charge in [0, 0.05) is 12.5 Å². The predicted octanol–water partition coefficient (Wildman–Crippen LogP) is 2.77. The summed E-state index contributed by atoms with van der Waals surface area (Å²) < 4.78 is 6.82. The molecule has 1 aromatic rings. The zero-order valence-electron chi connectivity index (χ0n) is 11.9. The maximum atomic E-state index is 12.0. The van der Waals surface area contributed by atoms with Crippen LogP contribution in [0.3, 0.4) is 0 Å². The highest BCUT2D eigenvalue weighted by molar-refractivity contribution is 5.96. The molecule has 0 fully saturated rings. The lowest BCUT2D eigenvalue weighted by Crippen LogP contribution is -2.13. The van der Waals surface area contributed by atoms with E-state index in [1.165, 1.54) is 0 Å². The molecule has 1 heterocycles. The van der Waals surface area contributed by atoms with Crippen LogP contribution in [0.4, 0.5) is 0 Å². The van der Waals surface area contributed by atoms with Gasteiger partial charge in [0.15, 0.2) is 5.78 Å². The number of carbonyl (C=O) groups is 2. The van der Waals surface area contributed by atoms with Crippen LogP contribution in [-0.2, 0) is 9.53 Å². The average molecular weight is 266 g/mol. The number of carbonyl (C=O) groups excluding carboxylic acids is 2. The van der Waals surface area contributed by atoms with Crippen LogP contribution in [-0.4, -0.2) is 27.9 Å². The molecule has 0 amide bonds. The first-order valence-corrected chi connectivity index (χ1v) is 6.77. The third-order valence-electron chi connectivity index (χ3n) is 2.83. The van der Waals surface area contributed by atoms with Gasteiger partial charge in [-0.2, -0.15) is 0 Å². The topological polar surface area (TPSA) is 61.2 Å². The van der Waals surface area contributed by atoms with E-state index in [-0.39, 0.29) is 30.6 Å². The van der Waals surface area contributed by atoms with Gasteiger partial charge < -0.3 is 9.30 Å². The Morgan fingerprint density at radius 2 is 2.11 bits per heavy atom. The molecular formula is C14H22N2O3. The second-order valence-electron chi connectivity index (χ2n) is 4.78. The van der Waals surface area contributed by atoms with Crippen molar-refractivity contribution in [3.63, 3.8) is 0 Å². The van der Waals surface area contributed by atoms with Crippen LogP contribution in [0.5, 0.6) is 0 Å². The molecule has 0 atom stereocenters. The summed E-state index contributed by atoms with van der Waals surface area (Å²) in [6.45, 7) is 6.44. The summed E-state index contributed by atoms with van der Waals surface area (Å²) in [5.41, 5.74) is 0.552. The van der Waals surface area contributed by atoms with Crippen LogP contribution in [0.15, 0.2) is 12.5 Å². The highest BCUT2D eigenvalue weighted by Gasteiger charge is 2.15. The Morgan fingerprint density at radius 1 is 1.37 bits per heavy atom. The molecule has 0 saturated carbocycles. The quantitative estimate of drug-likeness (QED) is 0.412. The fraction of sp³-hybridized carbons (Fsp3) is 0.643. The Hall–Kier alpha value is -1.65. The first-order valence-electron chi connectivity index (χ1n) is 6.77. The smallest absolute Gasteiger partial charge is 0.306 e. The first kappa shape index (κ1) is 15.4. The summed E-state index contributed by atoms with van der Waals surface area (Å²) in [5, 5.41) is 0. The average Bonchev–Trinajstić information content (AvgIpc) is 2.85. The number of aromatic nitrogens is 2. The molecule has 0 aliphatic carbocycles. The van der Waals surface area contributed by atoms with E-state index >= 15 is 0 Å². The van der Waals surface area contributed by atoms with E-state index in [9.17, 15) is 9.59 Å². The monoisotopic (exact) mass is 266 g/mol. The van der Waals surface area contributed by atoms with Crippen molar-refractivity contribution in [1.82, 2.24) is 9.55 Å². The number of nitrogens with zero attached hydrogens (tertiary/aromatic N) is 2. The number of imidazole rings is 1. The van der Waals surface area contributed by atoms with Gasteiger partial charge >= 0.3 is 5.97 Å². The van der Waals surface area contributed by atoms with Crippen LogP contribution < -0.4 is 0 Å². The van der Waals surface area contributed by atoms with Gasteiger partial charge in [0.2, 0.25) is 0 Å². The summed E-state index contributed by atoms with van der Waals surface area (Å²) in [4.78, 5) is 27.4. The van der Waals surface area contributed by atoms with Crippen LogP contribution >= 0.6 is 0 Å². The van der Waals surface area contributed by atoms with Gasteiger partial charge in [0.25, 0.3) is 0 Å². The number of ether oxygens (including phenoxy) is 1. The minimum absolute atomic E-state index is 0.0707. The van der Waals surface area contributed by atoms with Crippen LogP contribution in [0.1, 0.15) is 63.0 Å². The first-order chi connectivity index (χ1) is 9.06. The molecule has 1 aromatic heterocycles. The third kappa shape index (κ3) is 4.85. The van der Waals surface area contributed by atoms with Crippen molar-refractivity contribution in [3.05, 3.63) is 18.2 Å². The Morgan fingerprint density at radius 3 is 2.74 bits per heavy atom. The van der Waals surface area contributed by atoms with Crippen molar-refractivity contribution < 1.29 is 14.3 Å². The van der Waals surface area contributed by atoms with Gasteiger partial charge in [-0.1, -0.05) is 13.3 Å². The normalized spacial score (nSPS) is 10.7. The minimum Gasteiger partial charge on any atom is -0.466 e. The molecule has 0 aliphatic rings.